The fourth-order valence-electron chi connectivity index (χ4n) is 2.74. The Balaban J connectivity index is 1.73. The molecule has 1 aliphatic heterocycles. The van der Waals surface area contributed by atoms with Gasteiger partial charge in [-0.1, -0.05) is 30.3 Å². The Bertz CT molecular complexity index is 890. The summed E-state index contributed by atoms with van der Waals surface area (Å²) in [6.07, 6.45) is 0.766. The Kier molecular flexibility index (Phi) is 4.53. The number of benzene rings is 1. The molecule has 1 amide bonds. The summed E-state index contributed by atoms with van der Waals surface area (Å²) in [6.45, 7) is 0. The molecule has 7 heteroatoms. The predicted molar refractivity (Wildman–Crippen MR) is 91.6 cm³/mol. The van der Waals surface area contributed by atoms with Crippen molar-refractivity contribution >= 4 is 15.7 Å². The van der Waals surface area contributed by atoms with Crippen molar-refractivity contribution in [2.24, 2.45) is 0 Å². The molecule has 3 rings (SSSR count). The zero-order valence-corrected chi connectivity index (χ0v) is 13.8. The Labute approximate surface area is 139 Å². The standard InChI is InChI=1S/C17H18N2O4S/c20-16(18-13-8-10-24(22,23)11-9-13)14-6-7-15(19-17(14)21)12-4-2-1-3-5-12/h1-7,13H,8-11H2,(H,18,20)(H,19,21). The molecular formula is C17H18N2O4S. The van der Waals surface area contributed by atoms with E-state index in [4.69, 9.17) is 0 Å². The van der Waals surface area contributed by atoms with Crippen molar-refractivity contribution in [2.45, 2.75) is 18.9 Å². The predicted octanol–water partition coefficient (Wildman–Crippen LogP) is 1.35. The number of carbonyl (C=O) groups is 1. The van der Waals surface area contributed by atoms with Gasteiger partial charge in [-0.25, -0.2) is 8.42 Å². The maximum Gasteiger partial charge on any atom is 0.261 e. The number of rotatable bonds is 3. The molecule has 1 fully saturated rings. The van der Waals surface area contributed by atoms with Crippen molar-refractivity contribution in [1.29, 1.82) is 0 Å². The minimum atomic E-state index is -2.98. The third kappa shape index (κ3) is 3.73. The molecule has 0 atom stereocenters. The highest BCUT2D eigenvalue weighted by Gasteiger charge is 2.25. The minimum absolute atomic E-state index is 0.0307. The van der Waals surface area contributed by atoms with Gasteiger partial charge in [0.15, 0.2) is 0 Å². The summed E-state index contributed by atoms with van der Waals surface area (Å²) < 4.78 is 22.8. The van der Waals surface area contributed by atoms with E-state index in [1.165, 1.54) is 6.07 Å². The molecule has 0 aliphatic carbocycles. The maximum absolute atomic E-state index is 12.3. The molecule has 1 saturated heterocycles. The summed E-state index contributed by atoms with van der Waals surface area (Å²) in [4.78, 5) is 27.2. The summed E-state index contributed by atoms with van der Waals surface area (Å²) in [5.74, 6) is -0.331. The van der Waals surface area contributed by atoms with Gasteiger partial charge in [-0.05, 0) is 30.5 Å². The number of amides is 1. The first-order chi connectivity index (χ1) is 11.4. The van der Waals surface area contributed by atoms with E-state index in [1.54, 1.807) is 6.07 Å². The number of H-pyrrole nitrogens is 1. The monoisotopic (exact) mass is 346 g/mol. The van der Waals surface area contributed by atoms with Crippen LogP contribution in [0.5, 0.6) is 0 Å². The van der Waals surface area contributed by atoms with Gasteiger partial charge in [0.1, 0.15) is 15.4 Å². The van der Waals surface area contributed by atoms with Crippen LogP contribution in [0.15, 0.2) is 47.3 Å². The van der Waals surface area contributed by atoms with Crippen LogP contribution >= 0.6 is 0 Å². The molecule has 0 unspecified atom stereocenters. The largest absolute Gasteiger partial charge is 0.349 e. The molecule has 0 radical (unpaired) electrons. The summed E-state index contributed by atoms with van der Waals surface area (Å²) in [7, 11) is -2.98. The van der Waals surface area contributed by atoms with Crippen LogP contribution < -0.4 is 10.9 Å². The Hall–Kier alpha value is -2.41. The third-order valence-corrected chi connectivity index (χ3v) is 5.84. The van der Waals surface area contributed by atoms with Crippen LogP contribution in [0.2, 0.25) is 0 Å². The van der Waals surface area contributed by atoms with E-state index in [0.717, 1.165) is 5.56 Å². The molecule has 6 nitrogen and oxygen atoms in total. The topological polar surface area (TPSA) is 96.1 Å². The smallest absolute Gasteiger partial charge is 0.261 e. The highest BCUT2D eigenvalue weighted by atomic mass is 32.2. The van der Waals surface area contributed by atoms with E-state index in [9.17, 15) is 18.0 Å². The van der Waals surface area contributed by atoms with Crippen LogP contribution in [0.25, 0.3) is 11.3 Å². The van der Waals surface area contributed by atoms with E-state index in [2.05, 4.69) is 10.3 Å². The summed E-state index contributed by atoms with van der Waals surface area (Å²) >= 11 is 0. The molecule has 1 aliphatic rings. The van der Waals surface area contributed by atoms with Gasteiger partial charge in [-0.15, -0.1) is 0 Å². The van der Waals surface area contributed by atoms with Gasteiger partial charge in [0.2, 0.25) is 0 Å². The van der Waals surface area contributed by atoms with Crippen LogP contribution in [-0.4, -0.2) is 36.9 Å². The second kappa shape index (κ2) is 6.60. The average Bonchev–Trinajstić information content (AvgIpc) is 2.57. The van der Waals surface area contributed by atoms with Gasteiger partial charge in [-0.2, -0.15) is 0 Å². The number of sulfone groups is 1. The molecule has 24 heavy (non-hydrogen) atoms. The second-order valence-corrected chi connectivity index (χ2v) is 8.18. The van der Waals surface area contributed by atoms with Gasteiger partial charge in [-0.3, -0.25) is 9.59 Å². The van der Waals surface area contributed by atoms with Crippen molar-refractivity contribution in [3.8, 4) is 11.3 Å². The molecule has 0 bridgehead atoms. The summed E-state index contributed by atoms with van der Waals surface area (Å²) in [5, 5.41) is 2.75. The lowest BCUT2D eigenvalue weighted by molar-refractivity contribution is 0.0932. The lowest BCUT2D eigenvalue weighted by atomic mass is 10.1. The lowest BCUT2D eigenvalue weighted by Gasteiger charge is -2.22. The van der Waals surface area contributed by atoms with Crippen LogP contribution in [0.1, 0.15) is 23.2 Å². The van der Waals surface area contributed by atoms with E-state index < -0.39 is 21.3 Å². The quantitative estimate of drug-likeness (QED) is 0.877. The number of aromatic nitrogens is 1. The number of hydrogen-bond acceptors (Lipinski definition) is 4. The number of nitrogens with one attached hydrogen (secondary N) is 2. The van der Waals surface area contributed by atoms with Gasteiger partial charge < -0.3 is 10.3 Å². The second-order valence-electron chi connectivity index (χ2n) is 5.88. The van der Waals surface area contributed by atoms with E-state index >= 15 is 0 Å². The number of carbonyl (C=O) groups excluding carboxylic acids is 1. The Morgan fingerprint density at radius 1 is 1.04 bits per heavy atom. The van der Waals surface area contributed by atoms with Crippen molar-refractivity contribution in [2.75, 3.05) is 11.5 Å². The van der Waals surface area contributed by atoms with Gasteiger partial charge in [0.05, 0.1) is 11.5 Å². The molecule has 1 aromatic carbocycles. The molecular weight excluding hydrogens is 328 g/mol. The molecule has 2 heterocycles. The number of pyridine rings is 1. The van der Waals surface area contributed by atoms with Crippen LogP contribution in [0.3, 0.4) is 0 Å². The molecule has 0 spiro atoms. The first-order valence-electron chi connectivity index (χ1n) is 7.75. The SMILES string of the molecule is O=C(NC1CCS(=O)(=O)CC1)c1ccc(-c2ccccc2)[nH]c1=O. The van der Waals surface area contributed by atoms with Crippen LogP contribution in [-0.2, 0) is 9.84 Å². The first-order valence-corrected chi connectivity index (χ1v) is 9.57. The fourth-order valence-corrected chi connectivity index (χ4v) is 4.23. The minimum Gasteiger partial charge on any atom is -0.349 e. The molecule has 2 aromatic rings. The zero-order chi connectivity index (χ0) is 17.2. The fraction of sp³-hybridized carbons (Fsp3) is 0.294. The number of hydrogen-bond donors (Lipinski definition) is 2. The summed E-state index contributed by atoms with van der Waals surface area (Å²) in [5.41, 5.74) is 1.07. The van der Waals surface area contributed by atoms with Crippen molar-refractivity contribution in [3.63, 3.8) is 0 Å². The normalized spacial score (nSPS) is 17.3. The third-order valence-electron chi connectivity index (χ3n) is 4.13. The maximum atomic E-state index is 12.3. The Morgan fingerprint density at radius 3 is 2.33 bits per heavy atom. The molecule has 0 saturated carbocycles. The average molecular weight is 346 g/mol. The van der Waals surface area contributed by atoms with E-state index in [0.29, 0.717) is 18.5 Å². The van der Waals surface area contributed by atoms with Crippen molar-refractivity contribution in [3.05, 3.63) is 58.4 Å². The zero-order valence-electron chi connectivity index (χ0n) is 13.0. The van der Waals surface area contributed by atoms with E-state index in [1.807, 2.05) is 30.3 Å². The summed E-state index contributed by atoms with van der Waals surface area (Å²) in [6, 6.07) is 12.3. The highest BCUT2D eigenvalue weighted by molar-refractivity contribution is 7.91. The molecule has 2 N–H and O–H groups in total. The number of aromatic amines is 1. The molecule has 126 valence electrons. The Morgan fingerprint density at radius 2 is 1.71 bits per heavy atom. The van der Waals surface area contributed by atoms with Crippen LogP contribution in [0.4, 0.5) is 0 Å². The highest BCUT2D eigenvalue weighted by Crippen LogP contribution is 2.15. The van der Waals surface area contributed by atoms with E-state index in [-0.39, 0.29) is 23.1 Å². The van der Waals surface area contributed by atoms with Gasteiger partial charge >= 0.3 is 0 Å². The van der Waals surface area contributed by atoms with Crippen LogP contribution in [0, 0.1) is 0 Å². The van der Waals surface area contributed by atoms with Gasteiger partial charge in [0.25, 0.3) is 11.5 Å². The van der Waals surface area contributed by atoms with Gasteiger partial charge in [0, 0.05) is 11.7 Å². The van der Waals surface area contributed by atoms with Crippen molar-refractivity contribution in [1.82, 2.24) is 10.3 Å². The van der Waals surface area contributed by atoms with Crippen molar-refractivity contribution < 1.29 is 13.2 Å². The molecule has 1 aromatic heterocycles. The first kappa shape index (κ1) is 16.4. The lowest BCUT2D eigenvalue weighted by Crippen LogP contribution is -2.42.